The highest BCUT2D eigenvalue weighted by molar-refractivity contribution is 5.64. The van der Waals surface area contributed by atoms with Crippen LogP contribution >= 0.6 is 0 Å². The number of likely N-dealkylation sites (N-methyl/N-ethyl adjacent to an activating group) is 1. The summed E-state index contributed by atoms with van der Waals surface area (Å²) in [5.74, 6) is 0.911. The number of nitrogens with zero attached hydrogens (tertiary/aromatic N) is 1. The van der Waals surface area contributed by atoms with Crippen molar-refractivity contribution in [2.75, 3.05) is 25.6 Å². The van der Waals surface area contributed by atoms with Crippen molar-refractivity contribution < 1.29 is 4.74 Å². The second kappa shape index (κ2) is 4.96. The lowest BCUT2D eigenvalue weighted by molar-refractivity contribution is 0.412. The van der Waals surface area contributed by atoms with Gasteiger partial charge in [-0.3, -0.25) is 0 Å². The Balaban J connectivity index is 3.12. The number of anilines is 1. The van der Waals surface area contributed by atoms with E-state index in [1.807, 2.05) is 13.8 Å². The Labute approximate surface area is 105 Å². The number of methoxy groups -OCH3 is 1. The Bertz CT molecular complexity index is 394. The molecule has 0 aliphatic carbocycles. The molecule has 0 fully saturated rings. The highest BCUT2D eigenvalue weighted by atomic mass is 16.5. The maximum atomic E-state index is 6.06. The van der Waals surface area contributed by atoms with Crippen LogP contribution in [0, 0.1) is 13.8 Å². The number of nitrogens with two attached hydrogens (primary N) is 1. The molecule has 1 rings (SSSR count). The van der Waals surface area contributed by atoms with Crippen LogP contribution in [0.3, 0.4) is 0 Å². The summed E-state index contributed by atoms with van der Waals surface area (Å²) in [6.07, 6.45) is 0. The van der Waals surface area contributed by atoms with Crippen molar-refractivity contribution in [3.63, 3.8) is 0 Å². The van der Waals surface area contributed by atoms with Crippen LogP contribution in [0.25, 0.3) is 0 Å². The minimum atomic E-state index is -0.225. The normalized spacial score (nSPS) is 11.5. The third-order valence-electron chi connectivity index (χ3n) is 2.66. The number of ether oxygens (including phenoxy) is 1. The molecule has 1 aromatic rings. The molecular weight excluding hydrogens is 212 g/mol. The summed E-state index contributed by atoms with van der Waals surface area (Å²) in [6.45, 7) is 9.02. The van der Waals surface area contributed by atoms with Gasteiger partial charge in [-0.25, -0.2) is 0 Å². The van der Waals surface area contributed by atoms with E-state index >= 15 is 0 Å². The van der Waals surface area contributed by atoms with E-state index in [0.29, 0.717) is 0 Å². The van der Waals surface area contributed by atoms with Crippen LogP contribution in [-0.4, -0.2) is 26.2 Å². The van der Waals surface area contributed by atoms with E-state index in [1.54, 1.807) is 7.11 Å². The lowest BCUT2D eigenvalue weighted by atomic mass is 10.0. The first kappa shape index (κ1) is 13.8. The van der Waals surface area contributed by atoms with Crippen molar-refractivity contribution in [1.82, 2.24) is 0 Å². The molecule has 17 heavy (non-hydrogen) atoms. The fraction of sp³-hybridized carbons (Fsp3) is 0.571. The summed E-state index contributed by atoms with van der Waals surface area (Å²) >= 11 is 0. The van der Waals surface area contributed by atoms with Gasteiger partial charge in [0.1, 0.15) is 5.75 Å². The van der Waals surface area contributed by atoms with Gasteiger partial charge in [0.2, 0.25) is 0 Å². The molecule has 0 heterocycles. The fourth-order valence-corrected chi connectivity index (χ4v) is 2.26. The van der Waals surface area contributed by atoms with Crippen LogP contribution < -0.4 is 15.4 Å². The van der Waals surface area contributed by atoms with Gasteiger partial charge in [0.05, 0.1) is 12.8 Å². The van der Waals surface area contributed by atoms with Gasteiger partial charge in [-0.05, 0) is 44.9 Å². The first-order chi connectivity index (χ1) is 7.74. The van der Waals surface area contributed by atoms with Gasteiger partial charge < -0.3 is 15.4 Å². The summed E-state index contributed by atoms with van der Waals surface area (Å²) in [5, 5.41) is 0. The molecule has 2 N–H and O–H groups in total. The van der Waals surface area contributed by atoms with Gasteiger partial charge in [0.15, 0.2) is 0 Å². The predicted molar refractivity (Wildman–Crippen MR) is 74.0 cm³/mol. The number of rotatable bonds is 4. The molecule has 0 aromatic heterocycles. The third-order valence-corrected chi connectivity index (χ3v) is 2.66. The van der Waals surface area contributed by atoms with E-state index in [-0.39, 0.29) is 5.54 Å². The Kier molecular flexibility index (Phi) is 4.04. The Morgan fingerprint density at radius 1 is 1.29 bits per heavy atom. The molecule has 0 saturated carbocycles. The lowest BCUT2D eigenvalue weighted by Crippen LogP contribution is -2.44. The second-order valence-corrected chi connectivity index (χ2v) is 5.48. The molecule has 0 saturated heterocycles. The van der Waals surface area contributed by atoms with E-state index in [2.05, 4.69) is 37.9 Å². The Morgan fingerprint density at radius 3 is 2.35 bits per heavy atom. The Morgan fingerprint density at radius 2 is 1.88 bits per heavy atom. The molecule has 0 atom stereocenters. The van der Waals surface area contributed by atoms with E-state index in [1.165, 1.54) is 11.1 Å². The van der Waals surface area contributed by atoms with Gasteiger partial charge in [-0.2, -0.15) is 0 Å². The van der Waals surface area contributed by atoms with Crippen molar-refractivity contribution in [3.05, 3.63) is 23.3 Å². The van der Waals surface area contributed by atoms with Crippen LogP contribution in [0.1, 0.15) is 25.0 Å². The monoisotopic (exact) mass is 236 g/mol. The van der Waals surface area contributed by atoms with Gasteiger partial charge in [0, 0.05) is 19.1 Å². The molecule has 0 aliphatic heterocycles. The molecule has 0 unspecified atom stereocenters. The van der Waals surface area contributed by atoms with E-state index in [4.69, 9.17) is 10.5 Å². The number of hydrogen-bond acceptors (Lipinski definition) is 3. The lowest BCUT2D eigenvalue weighted by Gasteiger charge is -2.30. The van der Waals surface area contributed by atoms with Crippen molar-refractivity contribution in [2.45, 2.75) is 33.2 Å². The SMILES string of the molecule is COc1cc(C)cc(C)c1N(C)CC(C)(C)N. The van der Waals surface area contributed by atoms with E-state index in [0.717, 1.165) is 18.0 Å². The first-order valence-electron chi connectivity index (χ1n) is 5.90. The van der Waals surface area contributed by atoms with Crippen molar-refractivity contribution in [1.29, 1.82) is 0 Å². The zero-order chi connectivity index (χ0) is 13.2. The van der Waals surface area contributed by atoms with Crippen LogP contribution in [0.5, 0.6) is 5.75 Å². The fourth-order valence-electron chi connectivity index (χ4n) is 2.26. The molecule has 0 radical (unpaired) electrons. The highest BCUT2D eigenvalue weighted by Gasteiger charge is 2.18. The van der Waals surface area contributed by atoms with Crippen LogP contribution in [0.4, 0.5) is 5.69 Å². The van der Waals surface area contributed by atoms with Crippen molar-refractivity contribution in [3.8, 4) is 5.75 Å². The zero-order valence-corrected chi connectivity index (χ0v) is 11.8. The van der Waals surface area contributed by atoms with Gasteiger partial charge in [-0.15, -0.1) is 0 Å². The van der Waals surface area contributed by atoms with Crippen LogP contribution in [0.2, 0.25) is 0 Å². The molecule has 96 valence electrons. The highest BCUT2D eigenvalue weighted by Crippen LogP contribution is 2.32. The molecule has 3 heteroatoms. The Hall–Kier alpha value is -1.22. The summed E-state index contributed by atoms with van der Waals surface area (Å²) in [5.41, 5.74) is 9.39. The maximum Gasteiger partial charge on any atom is 0.142 e. The third kappa shape index (κ3) is 3.63. The molecule has 0 bridgehead atoms. The molecule has 1 aromatic carbocycles. The number of benzene rings is 1. The smallest absolute Gasteiger partial charge is 0.142 e. The molecule has 0 spiro atoms. The molecular formula is C14H24N2O. The summed E-state index contributed by atoms with van der Waals surface area (Å²) in [7, 11) is 3.76. The second-order valence-electron chi connectivity index (χ2n) is 5.48. The molecule has 0 amide bonds. The molecule has 3 nitrogen and oxygen atoms in total. The topological polar surface area (TPSA) is 38.5 Å². The van der Waals surface area contributed by atoms with E-state index < -0.39 is 0 Å². The number of aryl methyl sites for hydroxylation is 2. The average molecular weight is 236 g/mol. The maximum absolute atomic E-state index is 6.06. The van der Waals surface area contributed by atoms with Crippen LogP contribution in [0.15, 0.2) is 12.1 Å². The van der Waals surface area contributed by atoms with Crippen LogP contribution in [-0.2, 0) is 0 Å². The van der Waals surface area contributed by atoms with Crippen molar-refractivity contribution in [2.24, 2.45) is 5.73 Å². The summed E-state index contributed by atoms with van der Waals surface area (Å²) < 4.78 is 5.46. The van der Waals surface area contributed by atoms with Gasteiger partial charge >= 0.3 is 0 Å². The summed E-state index contributed by atoms with van der Waals surface area (Å²) in [6, 6.07) is 4.22. The molecule has 0 aliphatic rings. The summed E-state index contributed by atoms with van der Waals surface area (Å²) in [4.78, 5) is 2.16. The van der Waals surface area contributed by atoms with E-state index in [9.17, 15) is 0 Å². The predicted octanol–water partition coefficient (Wildman–Crippen LogP) is 2.49. The van der Waals surface area contributed by atoms with Crippen molar-refractivity contribution >= 4 is 5.69 Å². The minimum absolute atomic E-state index is 0.225. The average Bonchev–Trinajstić information content (AvgIpc) is 2.12. The van der Waals surface area contributed by atoms with Gasteiger partial charge in [-0.1, -0.05) is 6.07 Å². The standard InChI is InChI=1S/C14H24N2O/c1-10-7-11(2)13(12(8-10)17-6)16(5)9-14(3,4)15/h7-8H,9,15H2,1-6H3. The zero-order valence-electron chi connectivity index (χ0n) is 11.8. The number of hydrogen-bond donors (Lipinski definition) is 1. The largest absolute Gasteiger partial charge is 0.495 e. The minimum Gasteiger partial charge on any atom is -0.495 e. The first-order valence-corrected chi connectivity index (χ1v) is 5.90. The van der Waals surface area contributed by atoms with Gasteiger partial charge in [0.25, 0.3) is 0 Å². The quantitative estimate of drug-likeness (QED) is 0.873.